The summed E-state index contributed by atoms with van der Waals surface area (Å²) in [5, 5.41) is 0. The largest absolute Gasteiger partial charge is 0.381 e. The van der Waals surface area contributed by atoms with Crippen LogP contribution in [0, 0.1) is 0 Å². The number of thiophene rings is 1. The van der Waals surface area contributed by atoms with Crippen LogP contribution >= 0.6 is 39.0 Å². The van der Waals surface area contributed by atoms with E-state index in [1.54, 1.807) is 11.8 Å². The monoisotopic (exact) mass is 384 g/mol. The number of halogens is 1. The number of benzene rings is 1. The minimum Gasteiger partial charge on any atom is -0.381 e. The number of ether oxygens (including phenoxy) is 2. The Morgan fingerprint density at radius 3 is 2.52 bits per heavy atom. The summed E-state index contributed by atoms with van der Waals surface area (Å²) >= 11 is 7.10. The standard InChI is InChI=1S/C16H17BrO2S2/c1-18-16(8-10-19-11-9-16)14-6-7-15(21-14)20-13-4-2-12(17)3-5-13/h2-7H,8-11H2,1H3. The Kier molecular flexibility index (Phi) is 5.07. The Hall–Kier alpha value is -0.330. The zero-order valence-corrected chi connectivity index (χ0v) is 15.0. The predicted molar refractivity (Wildman–Crippen MR) is 91.3 cm³/mol. The van der Waals surface area contributed by atoms with Gasteiger partial charge in [-0.25, -0.2) is 0 Å². The van der Waals surface area contributed by atoms with Crippen molar-refractivity contribution in [1.29, 1.82) is 0 Å². The molecule has 1 fully saturated rings. The van der Waals surface area contributed by atoms with Gasteiger partial charge in [-0.05, 0) is 36.4 Å². The summed E-state index contributed by atoms with van der Waals surface area (Å²) in [5.41, 5.74) is -0.151. The van der Waals surface area contributed by atoms with Gasteiger partial charge in [-0.2, -0.15) is 0 Å². The van der Waals surface area contributed by atoms with Gasteiger partial charge in [-0.15, -0.1) is 11.3 Å². The molecule has 1 saturated heterocycles. The van der Waals surface area contributed by atoms with Crippen LogP contribution in [0.1, 0.15) is 17.7 Å². The molecule has 0 unspecified atom stereocenters. The van der Waals surface area contributed by atoms with Crippen LogP contribution in [-0.2, 0) is 15.1 Å². The summed E-state index contributed by atoms with van der Waals surface area (Å²) in [6, 6.07) is 12.8. The van der Waals surface area contributed by atoms with Gasteiger partial charge in [0.25, 0.3) is 0 Å². The van der Waals surface area contributed by atoms with Crippen molar-refractivity contribution < 1.29 is 9.47 Å². The Morgan fingerprint density at radius 2 is 1.86 bits per heavy atom. The Labute approximate surface area is 142 Å². The van der Waals surface area contributed by atoms with Crippen molar-refractivity contribution in [2.24, 2.45) is 0 Å². The van der Waals surface area contributed by atoms with Crippen LogP contribution in [0.3, 0.4) is 0 Å². The van der Waals surface area contributed by atoms with Crippen LogP contribution < -0.4 is 0 Å². The third kappa shape index (κ3) is 3.54. The molecular weight excluding hydrogens is 368 g/mol. The molecule has 1 aromatic carbocycles. The molecule has 1 aliphatic rings. The van der Waals surface area contributed by atoms with E-state index in [9.17, 15) is 0 Å². The second kappa shape index (κ2) is 6.84. The van der Waals surface area contributed by atoms with Gasteiger partial charge in [0.05, 0.1) is 4.21 Å². The van der Waals surface area contributed by atoms with E-state index in [-0.39, 0.29) is 5.60 Å². The van der Waals surface area contributed by atoms with Crippen LogP contribution in [-0.4, -0.2) is 20.3 Å². The topological polar surface area (TPSA) is 18.5 Å². The molecule has 0 N–H and O–H groups in total. The van der Waals surface area contributed by atoms with Crippen molar-refractivity contribution in [3.63, 3.8) is 0 Å². The van der Waals surface area contributed by atoms with Crippen LogP contribution in [0.15, 0.2) is 50.0 Å². The van der Waals surface area contributed by atoms with Gasteiger partial charge in [0.1, 0.15) is 5.60 Å². The van der Waals surface area contributed by atoms with Gasteiger partial charge in [0.2, 0.25) is 0 Å². The molecule has 2 heterocycles. The predicted octanol–water partition coefficient (Wildman–Crippen LogP) is 5.31. The number of hydrogen-bond acceptors (Lipinski definition) is 4. The molecule has 0 radical (unpaired) electrons. The fourth-order valence-corrected chi connectivity index (χ4v) is 5.08. The molecule has 0 aliphatic carbocycles. The third-order valence-corrected chi connectivity index (χ3v) is 6.69. The minimum atomic E-state index is -0.151. The lowest BCUT2D eigenvalue weighted by atomic mass is 9.92. The molecule has 1 aliphatic heterocycles. The fraction of sp³-hybridized carbons (Fsp3) is 0.375. The Balaban J connectivity index is 1.77. The Morgan fingerprint density at radius 1 is 1.14 bits per heavy atom. The normalized spacial score (nSPS) is 17.8. The zero-order chi connectivity index (χ0) is 14.7. The van der Waals surface area contributed by atoms with E-state index in [1.807, 2.05) is 18.4 Å². The molecule has 5 heteroatoms. The highest BCUT2D eigenvalue weighted by Gasteiger charge is 2.35. The second-order valence-electron chi connectivity index (χ2n) is 4.99. The summed E-state index contributed by atoms with van der Waals surface area (Å²) in [5.74, 6) is 0. The van der Waals surface area contributed by atoms with Gasteiger partial charge in [-0.1, -0.05) is 27.7 Å². The molecule has 1 aromatic heterocycles. The summed E-state index contributed by atoms with van der Waals surface area (Å²) in [6.07, 6.45) is 1.87. The number of methoxy groups -OCH3 is 1. The summed E-state index contributed by atoms with van der Waals surface area (Å²) < 4.78 is 13.7. The molecule has 0 bridgehead atoms. The molecule has 0 saturated carbocycles. The Bertz CT molecular complexity index is 589. The smallest absolute Gasteiger partial charge is 0.106 e. The third-order valence-electron chi connectivity index (χ3n) is 3.75. The van der Waals surface area contributed by atoms with Crippen molar-refractivity contribution in [3.05, 3.63) is 45.7 Å². The first-order valence-electron chi connectivity index (χ1n) is 6.88. The first-order valence-corrected chi connectivity index (χ1v) is 9.31. The average Bonchev–Trinajstić information content (AvgIpc) is 2.99. The van der Waals surface area contributed by atoms with Crippen LogP contribution in [0.2, 0.25) is 0 Å². The van der Waals surface area contributed by atoms with E-state index in [4.69, 9.17) is 9.47 Å². The van der Waals surface area contributed by atoms with Gasteiger partial charge < -0.3 is 9.47 Å². The van der Waals surface area contributed by atoms with Crippen molar-refractivity contribution >= 4 is 39.0 Å². The number of hydrogen-bond donors (Lipinski definition) is 0. The maximum atomic E-state index is 5.86. The lowest BCUT2D eigenvalue weighted by Crippen LogP contribution is -2.34. The highest BCUT2D eigenvalue weighted by molar-refractivity contribution is 9.10. The first-order chi connectivity index (χ1) is 10.2. The summed E-state index contributed by atoms with van der Waals surface area (Å²) in [4.78, 5) is 2.57. The summed E-state index contributed by atoms with van der Waals surface area (Å²) in [6.45, 7) is 1.56. The van der Waals surface area contributed by atoms with Crippen LogP contribution in [0.4, 0.5) is 0 Å². The molecule has 0 spiro atoms. The van der Waals surface area contributed by atoms with E-state index in [2.05, 4.69) is 52.3 Å². The lowest BCUT2D eigenvalue weighted by molar-refractivity contribution is -0.0925. The lowest BCUT2D eigenvalue weighted by Gasteiger charge is -2.35. The quantitative estimate of drug-likeness (QED) is 0.710. The van der Waals surface area contributed by atoms with E-state index < -0.39 is 0 Å². The summed E-state index contributed by atoms with van der Waals surface area (Å²) in [7, 11) is 1.81. The number of rotatable bonds is 4. The van der Waals surface area contributed by atoms with Crippen LogP contribution in [0.5, 0.6) is 0 Å². The zero-order valence-electron chi connectivity index (χ0n) is 11.8. The van der Waals surface area contributed by atoms with Crippen LogP contribution in [0.25, 0.3) is 0 Å². The highest BCUT2D eigenvalue weighted by atomic mass is 79.9. The van der Waals surface area contributed by atoms with Gasteiger partial charge >= 0.3 is 0 Å². The van der Waals surface area contributed by atoms with Crippen molar-refractivity contribution in [2.75, 3.05) is 20.3 Å². The first kappa shape index (κ1) is 15.6. The highest BCUT2D eigenvalue weighted by Crippen LogP contribution is 2.43. The fourth-order valence-electron chi connectivity index (χ4n) is 2.49. The van der Waals surface area contributed by atoms with E-state index >= 15 is 0 Å². The maximum absolute atomic E-state index is 5.86. The SMILES string of the molecule is COC1(c2ccc(Sc3ccc(Br)cc3)s2)CCOCC1. The average molecular weight is 385 g/mol. The maximum Gasteiger partial charge on any atom is 0.106 e. The minimum absolute atomic E-state index is 0.151. The van der Waals surface area contributed by atoms with E-state index in [0.29, 0.717) is 0 Å². The molecule has 2 nitrogen and oxygen atoms in total. The molecular formula is C16H17BrO2S2. The molecule has 112 valence electrons. The second-order valence-corrected chi connectivity index (χ2v) is 8.36. The van der Waals surface area contributed by atoms with E-state index in [1.165, 1.54) is 14.0 Å². The van der Waals surface area contributed by atoms with Gasteiger partial charge in [0, 0.05) is 47.4 Å². The van der Waals surface area contributed by atoms with Gasteiger partial charge in [-0.3, -0.25) is 0 Å². The van der Waals surface area contributed by atoms with Crippen molar-refractivity contribution in [3.8, 4) is 0 Å². The molecule has 3 rings (SSSR count). The van der Waals surface area contributed by atoms with Crippen molar-refractivity contribution in [1.82, 2.24) is 0 Å². The molecule has 0 atom stereocenters. The van der Waals surface area contributed by atoms with Crippen molar-refractivity contribution in [2.45, 2.75) is 27.5 Å². The van der Waals surface area contributed by atoms with E-state index in [0.717, 1.165) is 30.5 Å². The molecule has 21 heavy (non-hydrogen) atoms. The molecule has 2 aromatic rings. The van der Waals surface area contributed by atoms with Gasteiger partial charge in [0.15, 0.2) is 0 Å². The molecule has 0 amide bonds.